The van der Waals surface area contributed by atoms with E-state index in [9.17, 15) is 18.0 Å². The molecule has 0 saturated carbocycles. The first kappa shape index (κ1) is 25.0. The molecule has 1 saturated heterocycles. The van der Waals surface area contributed by atoms with Gasteiger partial charge in [0.1, 0.15) is 5.82 Å². The zero-order valence-corrected chi connectivity index (χ0v) is 20.1. The van der Waals surface area contributed by atoms with Gasteiger partial charge in [-0.05, 0) is 59.4 Å². The van der Waals surface area contributed by atoms with Gasteiger partial charge in [0.15, 0.2) is 11.6 Å². The summed E-state index contributed by atoms with van der Waals surface area (Å²) >= 11 is 0. The number of rotatable bonds is 8. The molecule has 2 atom stereocenters. The number of hydrogen-bond donors (Lipinski definition) is 0. The van der Waals surface area contributed by atoms with Crippen molar-refractivity contribution in [2.24, 2.45) is 11.8 Å². The average molecular weight is 481 g/mol. The molecule has 4 rings (SSSR count). The Labute approximate surface area is 205 Å². The van der Waals surface area contributed by atoms with E-state index >= 15 is 0 Å². The third kappa shape index (κ3) is 6.31. The van der Waals surface area contributed by atoms with Gasteiger partial charge in [-0.25, -0.2) is 13.2 Å². The maximum absolute atomic E-state index is 13.8. The van der Waals surface area contributed by atoms with Crippen LogP contribution in [-0.4, -0.2) is 41.9 Å². The Bertz CT molecular complexity index is 1130. The normalized spacial score (nSPS) is 18.2. The van der Waals surface area contributed by atoms with Gasteiger partial charge in [0, 0.05) is 44.2 Å². The van der Waals surface area contributed by atoms with Crippen molar-refractivity contribution in [3.63, 3.8) is 0 Å². The SMILES string of the molecule is CC(C)CN(C[C@@H]1CN(Cc2ccc(F)c(F)c2)C[C@@H]1c1ccc(F)cc1)C(=O)c1ccccc1. The molecule has 1 fully saturated rings. The van der Waals surface area contributed by atoms with Crippen LogP contribution in [0.1, 0.15) is 41.3 Å². The van der Waals surface area contributed by atoms with Crippen LogP contribution in [0.4, 0.5) is 13.2 Å². The third-order valence-corrected chi connectivity index (χ3v) is 6.55. The van der Waals surface area contributed by atoms with Crippen LogP contribution in [0.5, 0.6) is 0 Å². The van der Waals surface area contributed by atoms with Crippen LogP contribution in [0.3, 0.4) is 0 Å². The van der Waals surface area contributed by atoms with Gasteiger partial charge in [0.05, 0.1) is 0 Å². The summed E-state index contributed by atoms with van der Waals surface area (Å²) in [6.07, 6.45) is 0. The zero-order chi connectivity index (χ0) is 24.9. The van der Waals surface area contributed by atoms with E-state index in [4.69, 9.17) is 0 Å². The Morgan fingerprint density at radius 2 is 1.66 bits per heavy atom. The Morgan fingerprint density at radius 1 is 0.943 bits per heavy atom. The highest BCUT2D eigenvalue weighted by molar-refractivity contribution is 5.94. The van der Waals surface area contributed by atoms with E-state index in [1.807, 2.05) is 35.2 Å². The molecule has 0 radical (unpaired) electrons. The second-order valence-electron chi connectivity index (χ2n) is 9.83. The molecule has 0 aliphatic carbocycles. The first-order valence-electron chi connectivity index (χ1n) is 12.1. The monoisotopic (exact) mass is 480 g/mol. The quantitative estimate of drug-likeness (QED) is 0.388. The number of halogens is 3. The summed E-state index contributed by atoms with van der Waals surface area (Å²) in [5, 5.41) is 0. The van der Waals surface area contributed by atoms with Crippen LogP contribution in [0.2, 0.25) is 0 Å². The molecule has 1 amide bonds. The topological polar surface area (TPSA) is 23.6 Å². The second kappa shape index (κ2) is 11.1. The molecule has 3 aromatic rings. The molecule has 0 aromatic heterocycles. The van der Waals surface area contributed by atoms with Gasteiger partial charge in [0.25, 0.3) is 5.91 Å². The van der Waals surface area contributed by atoms with Gasteiger partial charge in [-0.1, -0.05) is 50.2 Å². The predicted molar refractivity (Wildman–Crippen MR) is 131 cm³/mol. The fourth-order valence-corrected chi connectivity index (χ4v) is 4.99. The highest BCUT2D eigenvalue weighted by Gasteiger charge is 2.36. The first-order valence-corrected chi connectivity index (χ1v) is 12.1. The summed E-state index contributed by atoms with van der Waals surface area (Å²) in [5.74, 6) is -1.52. The smallest absolute Gasteiger partial charge is 0.253 e. The van der Waals surface area contributed by atoms with Crippen molar-refractivity contribution in [1.29, 1.82) is 0 Å². The van der Waals surface area contributed by atoms with Crippen LogP contribution in [0, 0.1) is 29.3 Å². The van der Waals surface area contributed by atoms with Crippen molar-refractivity contribution in [1.82, 2.24) is 9.80 Å². The molecule has 1 aliphatic rings. The molecule has 0 unspecified atom stereocenters. The average Bonchev–Trinajstić information content (AvgIpc) is 3.23. The molecule has 35 heavy (non-hydrogen) atoms. The Hall–Kier alpha value is -3.12. The fourth-order valence-electron chi connectivity index (χ4n) is 4.99. The fraction of sp³-hybridized carbons (Fsp3) is 0.345. The van der Waals surface area contributed by atoms with E-state index in [-0.39, 0.29) is 23.6 Å². The lowest BCUT2D eigenvalue weighted by molar-refractivity contribution is 0.0703. The number of carbonyl (C=O) groups excluding carboxylic acids is 1. The minimum absolute atomic E-state index is 0.00351. The maximum atomic E-state index is 13.8. The van der Waals surface area contributed by atoms with Crippen LogP contribution < -0.4 is 0 Å². The standard InChI is InChI=1S/C29H31F3N2O/c1-20(2)15-34(29(35)23-6-4-3-5-7-23)18-24-17-33(16-21-8-13-27(31)28(32)14-21)19-26(24)22-9-11-25(30)12-10-22/h3-14,20,24,26H,15-19H2,1-2H3/t24-,26+/m0/s1. The first-order chi connectivity index (χ1) is 16.8. The molecule has 1 aliphatic heterocycles. The minimum Gasteiger partial charge on any atom is -0.338 e. The molecule has 6 heteroatoms. The highest BCUT2D eigenvalue weighted by atomic mass is 19.2. The zero-order valence-electron chi connectivity index (χ0n) is 20.1. The third-order valence-electron chi connectivity index (χ3n) is 6.55. The second-order valence-corrected chi connectivity index (χ2v) is 9.83. The Balaban J connectivity index is 1.58. The van der Waals surface area contributed by atoms with E-state index in [0.29, 0.717) is 49.8 Å². The van der Waals surface area contributed by atoms with Crippen LogP contribution in [0.15, 0.2) is 72.8 Å². The lowest BCUT2D eigenvalue weighted by Crippen LogP contribution is -2.39. The largest absolute Gasteiger partial charge is 0.338 e. The molecular formula is C29H31F3N2O. The number of hydrogen-bond acceptors (Lipinski definition) is 2. The van der Waals surface area contributed by atoms with E-state index < -0.39 is 11.6 Å². The summed E-state index contributed by atoms with van der Waals surface area (Å²) in [6, 6.07) is 19.8. The number of carbonyl (C=O) groups is 1. The number of nitrogens with zero attached hydrogens (tertiary/aromatic N) is 2. The molecule has 3 aromatic carbocycles. The van der Waals surface area contributed by atoms with E-state index in [1.165, 1.54) is 18.2 Å². The van der Waals surface area contributed by atoms with Crippen molar-refractivity contribution >= 4 is 5.91 Å². The lowest BCUT2D eigenvalue weighted by atomic mass is 9.88. The molecule has 3 nitrogen and oxygen atoms in total. The molecule has 0 spiro atoms. The maximum Gasteiger partial charge on any atom is 0.253 e. The van der Waals surface area contributed by atoms with Crippen molar-refractivity contribution in [2.45, 2.75) is 26.3 Å². The summed E-state index contributed by atoms with van der Waals surface area (Å²) < 4.78 is 40.8. The van der Waals surface area contributed by atoms with E-state index in [0.717, 1.165) is 11.6 Å². The molecule has 0 N–H and O–H groups in total. The predicted octanol–water partition coefficient (Wildman–Crippen LogP) is 6.12. The minimum atomic E-state index is -0.860. The van der Waals surface area contributed by atoms with Gasteiger partial charge in [-0.2, -0.15) is 0 Å². The van der Waals surface area contributed by atoms with Crippen molar-refractivity contribution < 1.29 is 18.0 Å². The van der Waals surface area contributed by atoms with Crippen LogP contribution in [0.25, 0.3) is 0 Å². The van der Waals surface area contributed by atoms with Crippen molar-refractivity contribution in [3.8, 4) is 0 Å². The molecule has 0 bridgehead atoms. The summed E-state index contributed by atoms with van der Waals surface area (Å²) in [6.45, 7) is 7.22. The van der Waals surface area contributed by atoms with Gasteiger partial charge in [-0.3, -0.25) is 9.69 Å². The van der Waals surface area contributed by atoms with Crippen LogP contribution in [-0.2, 0) is 6.54 Å². The lowest BCUT2D eigenvalue weighted by Gasteiger charge is -2.30. The van der Waals surface area contributed by atoms with Gasteiger partial charge in [0.2, 0.25) is 0 Å². The van der Waals surface area contributed by atoms with Crippen LogP contribution >= 0.6 is 0 Å². The van der Waals surface area contributed by atoms with Gasteiger partial charge >= 0.3 is 0 Å². The number of benzene rings is 3. The Kier molecular flexibility index (Phi) is 7.91. The number of amides is 1. The summed E-state index contributed by atoms with van der Waals surface area (Å²) in [5.41, 5.74) is 2.37. The Morgan fingerprint density at radius 3 is 2.31 bits per heavy atom. The number of likely N-dealkylation sites (tertiary alicyclic amines) is 1. The van der Waals surface area contributed by atoms with E-state index in [2.05, 4.69) is 18.7 Å². The van der Waals surface area contributed by atoms with Gasteiger partial charge < -0.3 is 4.90 Å². The summed E-state index contributed by atoms with van der Waals surface area (Å²) in [7, 11) is 0. The van der Waals surface area contributed by atoms with Crippen molar-refractivity contribution in [3.05, 3.63) is 107 Å². The summed E-state index contributed by atoms with van der Waals surface area (Å²) in [4.78, 5) is 17.5. The van der Waals surface area contributed by atoms with E-state index in [1.54, 1.807) is 18.2 Å². The van der Waals surface area contributed by atoms with Crippen molar-refractivity contribution in [2.75, 3.05) is 26.2 Å². The van der Waals surface area contributed by atoms with Gasteiger partial charge in [-0.15, -0.1) is 0 Å². The highest BCUT2D eigenvalue weighted by Crippen LogP contribution is 2.35. The molecule has 1 heterocycles. The molecular weight excluding hydrogens is 449 g/mol. The molecule has 184 valence electrons.